The van der Waals surface area contributed by atoms with Crippen molar-refractivity contribution in [2.24, 2.45) is 0 Å². The minimum atomic E-state index is -0.215. The fraction of sp³-hybridized carbons (Fsp3) is 0.471. The van der Waals surface area contributed by atoms with Gasteiger partial charge in [0.15, 0.2) is 0 Å². The van der Waals surface area contributed by atoms with Gasteiger partial charge in [-0.3, -0.25) is 14.4 Å². The van der Waals surface area contributed by atoms with Gasteiger partial charge in [0.05, 0.1) is 11.4 Å². The van der Waals surface area contributed by atoms with Gasteiger partial charge in [-0.1, -0.05) is 12.1 Å². The fourth-order valence-corrected chi connectivity index (χ4v) is 3.02. The largest absolute Gasteiger partial charge is 0.340 e. The van der Waals surface area contributed by atoms with Crippen LogP contribution in [0.4, 0.5) is 11.4 Å². The zero-order chi connectivity index (χ0) is 17.1. The molecule has 3 rings (SSSR count). The zero-order valence-electron chi connectivity index (χ0n) is 13.8. The first-order valence-electron chi connectivity index (χ1n) is 8.20. The number of carbonyl (C=O) groups excluding carboxylic acids is 3. The number of rotatable bonds is 3. The Bertz CT molecular complexity index is 653. The second-order valence-electron chi connectivity index (χ2n) is 6.23. The molecule has 24 heavy (non-hydrogen) atoms. The molecular formula is C17H22N4O3. The Labute approximate surface area is 141 Å². The molecule has 0 saturated carbocycles. The van der Waals surface area contributed by atoms with Gasteiger partial charge >= 0.3 is 0 Å². The maximum absolute atomic E-state index is 12.5. The van der Waals surface area contributed by atoms with Crippen molar-refractivity contribution in [3.05, 3.63) is 24.3 Å². The predicted octanol–water partition coefficient (Wildman–Crippen LogP) is 0.526. The molecule has 0 atom stereocenters. The maximum atomic E-state index is 12.5. The highest BCUT2D eigenvalue weighted by molar-refractivity contribution is 6.10. The van der Waals surface area contributed by atoms with Crippen LogP contribution < -0.4 is 10.2 Å². The summed E-state index contributed by atoms with van der Waals surface area (Å²) in [5, 5.41) is 2.75. The number of likely N-dealkylation sites (N-methyl/N-ethyl adjacent to an activating group) is 1. The molecule has 0 radical (unpaired) electrons. The topological polar surface area (TPSA) is 73.0 Å². The number of amides is 3. The third-order valence-electron chi connectivity index (χ3n) is 4.48. The van der Waals surface area contributed by atoms with Gasteiger partial charge in [-0.05, 0) is 19.2 Å². The summed E-state index contributed by atoms with van der Waals surface area (Å²) in [6, 6.07) is 7.20. The van der Waals surface area contributed by atoms with E-state index in [2.05, 4.69) is 10.2 Å². The van der Waals surface area contributed by atoms with E-state index in [0.717, 1.165) is 13.1 Å². The lowest BCUT2D eigenvalue weighted by Gasteiger charge is -2.33. The standard InChI is InChI=1S/C17H22N4O3/c1-19-8-10-20(11-9-19)16(23)6-7-17(24)21-12-15(22)18-13-4-2-3-5-14(13)21/h2-5H,6-12H2,1H3,(H,18,22). The van der Waals surface area contributed by atoms with Crippen LogP contribution in [-0.2, 0) is 14.4 Å². The van der Waals surface area contributed by atoms with Crippen molar-refractivity contribution in [2.75, 3.05) is 50.0 Å². The van der Waals surface area contributed by atoms with Crippen LogP contribution in [0.15, 0.2) is 24.3 Å². The molecule has 0 aromatic heterocycles. The number of anilines is 2. The van der Waals surface area contributed by atoms with Crippen LogP contribution >= 0.6 is 0 Å². The van der Waals surface area contributed by atoms with Crippen LogP contribution in [0, 0.1) is 0 Å². The quantitative estimate of drug-likeness (QED) is 0.877. The van der Waals surface area contributed by atoms with E-state index in [0.29, 0.717) is 24.5 Å². The molecule has 128 valence electrons. The first kappa shape index (κ1) is 16.4. The second-order valence-corrected chi connectivity index (χ2v) is 6.23. The maximum Gasteiger partial charge on any atom is 0.244 e. The molecule has 2 aliphatic heterocycles. The number of hydrogen-bond donors (Lipinski definition) is 1. The highest BCUT2D eigenvalue weighted by atomic mass is 16.2. The lowest BCUT2D eigenvalue weighted by molar-refractivity contribution is -0.134. The second kappa shape index (κ2) is 7.00. The van der Waals surface area contributed by atoms with E-state index < -0.39 is 0 Å². The Hall–Kier alpha value is -2.41. The van der Waals surface area contributed by atoms with Crippen LogP contribution in [0.5, 0.6) is 0 Å². The van der Waals surface area contributed by atoms with Gasteiger partial charge in [0.25, 0.3) is 0 Å². The SMILES string of the molecule is CN1CCN(C(=O)CCC(=O)N2CC(=O)Nc3ccccc32)CC1. The van der Waals surface area contributed by atoms with Crippen LogP contribution in [0.2, 0.25) is 0 Å². The van der Waals surface area contributed by atoms with Gasteiger partial charge in [0.1, 0.15) is 6.54 Å². The highest BCUT2D eigenvalue weighted by Crippen LogP contribution is 2.29. The van der Waals surface area contributed by atoms with Crippen LogP contribution in [0.3, 0.4) is 0 Å². The van der Waals surface area contributed by atoms with E-state index in [-0.39, 0.29) is 37.1 Å². The molecule has 1 saturated heterocycles. The minimum Gasteiger partial charge on any atom is -0.340 e. The molecule has 2 aliphatic rings. The molecule has 7 heteroatoms. The first-order chi connectivity index (χ1) is 11.5. The van der Waals surface area contributed by atoms with Crippen molar-refractivity contribution < 1.29 is 14.4 Å². The third-order valence-corrected chi connectivity index (χ3v) is 4.48. The molecule has 1 aromatic rings. The summed E-state index contributed by atoms with van der Waals surface area (Å²) in [4.78, 5) is 42.0. The molecular weight excluding hydrogens is 308 g/mol. The number of piperazine rings is 1. The number of carbonyl (C=O) groups is 3. The molecule has 1 aromatic carbocycles. The molecule has 1 N–H and O–H groups in total. The summed E-state index contributed by atoms with van der Waals surface area (Å²) in [5.41, 5.74) is 1.32. The Balaban J connectivity index is 1.59. The predicted molar refractivity (Wildman–Crippen MR) is 90.7 cm³/mol. The van der Waals surface area contributed by atoms with Crippen molar-refractivity contribution >= 4 is 29.1 Å². The number of nitrogens with zero attached hydrogens (tertiary/aromatic N) is 3. The summed E-state index contributed by atoms with van der Waals surface area (Å²) in [6.07, 6.45) is 0.301. The lowest BCUT2D eigenvalue weighted by Crippen LogP contribution is -2.47. The molecule has 0 unspecified atom stereocenters. The average molecular weight is 330 g/mol. The monoisotopic (exact) mass is 330 g/mol. The molecule has 0 spiro atoms. The molecule has 3 amide bonds. The number of nitrogens with one attached hydrogen (secondary N) is 1. The normalized spacial score (nSPS) is 18.1. The third kappa shape index (κ3) is 3.56. The van der Waals surface area contributed by atoms with Gasteiger partial charge in [-0.15, -0.1) is 0 Å². The number of hydrogen-bond acceptors (Lipinski definition) is 4. The minimum absolute atomic E-state index is 0.00144. The fourth-order valence-electron chi connectivity index (χ4n) is 3.02. The summed E-state index contributed by atoms with van der Waals surface area (Å²) in [5.74, 6) is -0.404. The molecule has 0 aliphatic carbocycles. The van der Waals surface area contributed by atoms with E-state index in [9.17, 15) is 14.4 Å². The lowest BCUT2D eigenvalue weighted by atomic mass is 10.1. The van der Waals surface area contributed by atoms with E-state index in [1.165, 1.54) is 4.90 Å². The van der Waals surface area contributed by atoms with E-state index in [1.54, 1.807) is 12.1 Å². The van der Waals surface area contributed by atoms with E-state index >= 15 is 0 Å². The van der Waals surface area contributed by atoms with Crippen molar-refractivity contribution in [2.45, 2.75) is 12.8 Å². The van der Waals surface area contributed by atoms with Gasteiger partial charge in [0.2, 0.25) is 17.7 Å². The number of benzene rings is 1. The Morgan fingerprint density at radius 2 is 1.71 bits per heavy atom. The summed E-state index contributed by atoms with van der Waals surface area (Å²) >= 11 is 0. The summed E-state index contributed by atoms with van der Waals surface area (Å²) < 4.78 is 0. The zero-order valence-corrected chi connectivity index (χ0v) is 13.8. The average Bonchev–Trinajstić information content (AvgIpc) is 2.59. The van der Waals surface area contributed by atoms with Gasteiger partial charge < -0.3 is 20.0 Å². The van der Waals surface area contributed by atoms with Gasteiger partial charge in [-0.2, -0.15) is 0 Å². The first-order valence-corrected chi connectivity index (χ1v) is 8.20. The molecule has 1 fully saturated rings. The Morgan fingerprint density at radius 3 is 2.46 bits per heavy atom. The number of para-hydroxylation sites is 2. The number of fused-ring (bicyclic) bond motifs is 1. The highest BCUT2D eigenvalue weighted by Gasteiger charge is 2.27. The molecule has 7 nitrogen and oxygen atoms in total. The molecule has 2 heterocycles. The van der Waals surface area contributed by atoms with Crippen molar-refractivity contribution in [3.63, 3.8) is 0 Å². The van der Waals surface area contributed by atoms with Crippen molar-refractivity contribution in [1.29, 1.82) is 0 Å². The van der Waals surface area contributed by atoms with Crippen LogP contribution in [0.25, 0.3) is 0 Å². The summed E-state index contributed by atoms with van der Waals surface area (Å²) in [7, 11) is 2.03. The van der Waals surface area contributed by atoms with E-state index in [4.69, 9.17) is 0 Å². The Kier molecular flexibility index (Phi) is 4.80. The van der Waals surface area contributed by atoms with Gasteiger partial charge in [-0.25, -0.2) is 0 Å². The van der Waals surface area contributed by atoms with Crippen molar-refractivity contribution in [1.82, 2.24) is 9.80 Å². The van der Waals surface area contributed by atoms with E-state index in [1.807, 2.05) is 24.1 Å². The van der Waals surface area contributed by atoms with Gasteiger partial charge in [0, 0.05) is 39.0 Å². The smallest absolute Gasteiger partial charge is 0.244 e. The molecule has 0 bridgehead atoms. The summed E-state index contributed by atoms with van der Waals surface area (Å²) in [6.45, 7) is 3.13. The van der Waals surface area contributed by atoms with Crippen molar-refractivity contribution in [3.8, 4) is 0 Å². The van der Waals surface area contributed by atoms with Crippen LogP contribution in [-0.4, -0.2) is 67.3 Å². The van der Waals surface area contributed by atoms with Crippen LogP contribution in [0.1, 0.15) is 12.8 Å². The Morgan fingerprint density at radius 1 is 1.04 bits per heavy atom.